The molecule has 48 valence electrons. The summed E-state index contributed by atoms with van der Waals surface area (Å²) in [6.45, 7) is 0. The van der Waals surface area contributed by atoms with Crippen molar-refractivity contribution in [3.05, 3.63) is 6.20 Å². The molecule has 0 radical (unpaired) electrons. The average molecular weight is 126 g/mol. The molecular formula is C5H6N2O2. The van der Waals surface area contributed by atoms with Crippen LogP contribution in [0.3, 0.4) is 0 Å². The SMILES string of the molecule is [O-]c1c[n+](C2CC2)no1. The van der Waals surface area contributed by atoms with Crippen LogP contribution in [0, 0.1) is 0 Å². The lowest BCUT2D eigenvalue weighted by molar-refractivity contribution is -0.765. The van der Waals surface area contributed by atoms with Gasteiger partial charge in [0.05, 0.1) is 5.27 Å². The molecule has 1 aliphatic rings. The van der Waals surface area contributed by atoms with Gasteiger partial charge in [-0.25, -0.2) is 0 Å². The first-order chi connectivity index (χ1) is 4.36. The fraction of sp³-hybridized carbons (Fsp3) is 0.600. The lowest BCUT2D eigenvalue weighted by Gasteiger charge is -1.75. The second-order valence-corrected chi connectivity index (χ2v) is 2.23. The molecule has 1 aliphatic carbocycles. The van der Waals surface area contributed by atoms with E-state index >= 15 is 0 Å². The topological polar surface area (TPSA) is 53.0 Å². The van der Waals surface area contributed by atoms with Crippen LogP contribution in [0.15, 0.2) is 10.7 Å². The molecule has 0 saturated heterocycles. The molecule has 9 heavy (non-hydrogen) atoms. The summed E-state index contributed by atoms with van der Waals surface area (Å²) in [6, 6.07) is 0.441. The summed E-state index contributed by atoms with van der Waals surface area (Å²) in [4.78, 5) is 0. The van der Waals surface area contributed by atoms with Gasteiger partial charge >= 0.3 is 0 Å². The zero-order chi connectivity index (χ0) is 6.27. The molecule has 1 fully saturated rings. The Morgan fingerprint density at radius 1 is 1.78 bits per heavy atom. The summed E-state index contributed by atoms with van der Waals surface area (Å²) in [5, 5.41) is 13.9. The van der Waals surface area contributed by atoms with E-state index < -0.39 is 0 Å². The van der Waals surface area contributed by atoms with Crippen LogP contribution >= 0.6 is 0 Å². The van der Waals surface area contributed by atoms with E-state index in [0.29, 0.717) is 6.04 Å². The second-order valence-electron chi connectivity index (χ2n) is 2.23. The first kappa shape index (κ1) is 4.78. The summed E-state index contributed by atoms with van der Waals surface area (Å²) in [5.74, 6) is -0.359. The number of nitrogens with zero attached hydrogens (tertiary/aromatic N) is 2. The maximum Gasteiger partial charge on any atom is 0.221 e. The van der Waals surface area contributed by atoms with Gasteiger partial charge in [0, 0.05) is 12.8 Å². The summed E-state index contributed by atoms with van der Waals surface area (Å²) >= 11 is 0. The predicted molar refractivity (Wildman–Crippen MR) is 24.4 cm³/mol. The van der Waals surface area contributed by atoms with E-state index in [1.54, 1.807) is 4.68 Å². The van der Waals surface area contributed by atoms with E-state index in [1.165, 1.54) is 6.20 Å². The minimum absolute atomic E-state index is 0.359. The smallest absolute Gasteiger partial charge is 0.221 e. The van der Waals surface area contributed by atoms with Gasteiger partial charge in [0.15, 0.2) is 6.04 Å². The van der Waals surface area contributed by atoms with Crippen molar-refractivity contribution in [3.63, 3.8) is 0 Å². The molecule has 0 bridgehead atoms. The summed E-state index contributed by atoms with van der Waals surface area (Å²) < 4.78 is 5.91. The Bertz CT molecular complexity index is 216. The van der Waals surface area contributed by atoms with Gasteiger partial charge in [-0.1, -0.05) is 4.68 Å². The quantitative estimate of drug-likeness (QED) is 0.471. The fourth-order valence-electron chi connectivity index (χ4n) is 0.754. The average Bonchev–Trinajstić information content (AvgIpc) is 2.58. The molecule has 1 saturated carbocycles. The van der Waals surface area contributed by atoms with Crippen LogP contribution in [0.1, 0.15) is 18.9 Å². The molecule has 0 aliphatic heterocycles. The van der Waals surface area contributed by atoms with Gasteiger partial charge in [0.2, 0.25) is 6.20 Å². The molecule has 4 heteroatoms. The largest absolute Gasteiger partial charge is 0.539 e. The van der Waals surface area contributed by atoms with Gasteiger partial charge < -0.3 is 9.63 Å². The monoisotopic (exact) mass is 126 g/mol. The molecule has 2 rings (SSSR count). The standard InChI is InChI=1S/C5H6N2O2/c8-5-3-7(6-9-5)4-1-2-4/h3-4H,1-2H2. The first-order valence-electron chi connectivity index (χ1n) is 2.91. The van der Waals surface area contributed by atoms with E-state index in [-0.39, 0.29) is 5.95 Å². The van der Waals surface area contributed by atoms with Crippen LogP contribution in [0.25, 0.3) is 0 Å². The highest BCUT2D eigenvalue weighted by molar-refractivity contribution is 4.81. The number of hydrogen-bond donors (Lipinski definition) is 0. The zero-order valence-corrected chi connectivity index (χ0v) is 4.78. The van der Waals surface area contributed by atoms with Gasteiger partial charge in [0.25, 0.3) is 0 Å². The van der Waals surface area contributed by atoms with Crippen LogP contribution in [-0.2, 0) is 0 Å². The second kappa shape index (κ2) is 1.46. The highest BCUT2D eigenvalue weighted by Crippen LogP contribution is 2.28. The van der Waals surface area contributed by atoms with Crippen LogP contribution in [-0.4, -0.2) is 5.27 Å². The lowest BCUT2D eigenvalue weighted by Crippen LogP contribution is -2.32. The highest BCUT2D eigenvalue weighted by Gasteiger charge is 2.33. The molecule has 0 spiro atoms. The van der Waals surface area contributed by atoms with Crippen LogP contribution in [0.4, 0.5) is 0 Å². The van der Waals surface area contributed by atoms with Crippen molar-refractivity contribution < 1.29 is 14.3 Å². The van der Waals surface area contributed by atoms with E-state index in [4.69, 9.17) is 0 Å². The summed E-state index contributed by atoms with van der Waals surface area (Å²) in [7, 11) is 0. The summed E-state index contributed by atoms with van der Waals surface area (Å²) in [5.41, 5.74) is 0. The minimum Gasteiger partial charge on any atom is -0.539 e. The molecular weight excluding hydrogens is 120 g/mol. The third-order valence-corrected chi connectivity index (χ3v) is 1.38. The third-order valence-electron chi connectivity index (χ3n) is 1.38. The van der Waals surface area contributed by atoms with Crippen LogP contribution in [0.2, 0.25) is 0 Å². The van der Waals surface area contributed by atoms with Crippen molar-refractivity contribution in [2.24, 2.45) is 0 Å². The van der Waals surface area contributed by atoms with Gasteiger partial charge in [-0.3, -0.25) is 0 Å². The van der Waals surface area contributed by atoms with Crippen molar-refractivity contribution in [2.75, 3.05) is 0 Å². The Kier molecular flexibility index (Phi) is 0.777. The van der Waals surface area contributed by atoms with Crippen molar-refractivity contribution in [2.45, 2.75) is 18.9 Å². The number of hydrogen-bond acceptors (Lipinski definition) is 3. The van der Waals surface area contributed by atoms with E-state index in [0.717, 1.165) is 12.8 Å². The molecule has 1 heterocycles. The zero-order valence-electron chi connectivity index (χ0n) is 4.78. The first-order valence-corrected chi connectivity index (χ1v) is 2.91. The Morgan fingerprint density at radius 2 is 2.56 bits per heavy atom. The molecule has 0 N–H and O–H groups in total. The van der Waals surface area contributed by atoms with Crippen molar-refractivity contribution in [1.29, 1.82) is 0 Å². The normalized spacial score (nSPS) is 18.2. The molecule has 0 unspecified atom stereocenters. The van der Waals surface area contributed by atoms with Crippen LogP contribution in [0.5, 0.6) is 5.95 Å². The summed E-state index contributed by atoms with van der Waals surface area (Å²) in [6.07, 6.45) is 3.63. The van der Waals surface area contributed by atoms with Crippen molar-refractivity contribution >= 4 is 0 Å². The molecule has 0 aromatic carbocycles. The van der Waals surface area contributed by atoms with Crippen molar-refractivity contribution in [1.82, 2.24) is 5.27 Å². The molecule has 0 atom stereocenters. The van der Waals surface area contributed by atoms with Crippen molar-refractivity contribution in [3.8, 4) is 5.95 Å². The lowest BCUT2D eigenvalue weighted by atomic mass is 10.7. The Morgan fingerprint density at radius 3 is 3.00 bits per heavy atom. The minimum atomic E-state index is -0.359. The Labute approximate surface area is 51.7 Å². The van der Waals surface area contributed by atoms with Gasteiger partial charge in [0.1, 0.15) is 5.95 Å². The molecule has 1 aromatic heterocycles. The van der Waals surface area contributed by atoms with Gasteiger partial charge in [-0.15, -0.1) is 0 Å². The van der Waals surface area contributed by atoms with Gasteiger partial charge in [-0.2, -0.15) is 0 Å². The fourth-order valence-corrected chi connectivity index (χ4v) is 0.754. The Hall–Kier alpha value is -1.06. The van der Waals surface area contributed by atoms with E-state index in [2.05, 4.69) is 9.79 Å². The van der Waals surface area contributed by atoms with E-state index in [9.17, 15) is 5.11 Å². The van der Waals surface area contributed by atoms with E-state index in [1.807, 2.05) is 0 Å². The molecule has 4 nitrogen and oxygen atoms in total. The number of aromatic nitrogens is 2. The van der Waals surface area contributed by atoms with Gasteiger partial charge in [-0.05, 0) is 0 Å². The maximum atomic E-state index is 10.4. The maximum absolute atomic E-state index is 10.4. The third kappa shape index (κ3) is 0.759. The molecule has 0 amide bonds. The number of rotatable bonds is 1. The highest BCUT2D eigenvalue weighted by atomic mass is 16.6. The van der Waals surface area contributed by atoms with Crippen LogP contribution < -0.4 is 9.79 Å². The predicted octanol–water partition coefficient (Wildman–Crippen LogP) is -0.629. The Balaban J connectivity index is 2.28. The molecule has 1 aromatic rings.